The van der Waals surface area contributed by atoms with Crippen LogP contribution < -0.4 is 5.32 Å². The number of halogens is 2. The first-order chi connectivity index (χ1) is 9.24. The summed E-state index contributed by atoms with van der Waals surface area (Å²) in [6, 6.07) is 10.6. The van der Waals surface area contributed by atoms with E-state index in [1.165, 1.54) is 5.56 Å². The van der Waals surface area contributed by atoms with Crippen molar-refractivity contribution in [1.29, 1.82) is 0 Å². The molecule has 1 fully saturated rings. The first kappa shape index (κ1) is 15.5. The van der Waals surface area contributed by atoms with Crippen LogP contribution in [0.5, 0.6) is 0 Å². The van der Waals surface area contributed by atoms with Gasteiger partial charge in [-0.15, -0.1) is 0 Å². The first-order valence-corrected chi connectivity index (χ1v) is 8.84. The molecule has 4 heteroatoms. The highest BCUT2D eigenvalue weighted by Gasteiger charge is 2.33. The van der Waals surface area contributed by atoms with Crippen LogP contribution in [0.2, 0.25) is 0 Å². The Balaban J connectivity index is 1.97. The van der Waals surface area contributed by atoms with Gasteiger partial charge in [-0.2, -0.15) is 0 Å². The van der Waals surface area contributed by atoms with Crippen LogP contribution in [0.15, 0.2) is 30.3 Å². The van der Waals surface area contributed by atoms with E-state index in [1.54, 1.807) is 0 Å². The number of benzene rings is 1. The summed E-state index contributed by atoms with van der Waals surface area (Å²) in [6.45, 7) is 2.66. The van der Waals surface area contributed by atoms with Crippen molar-refractivity contribution in [1.82, 2.24) is 5.32 Å². The molecule has 1 unspecified atom stereocenters. The zero-order valence-corrected chi connectivity index (χ0v) is 14.3. The molecule has 0 bridgehead atoms. The van der Waals surface area contributed by atoms with Gasteiger partial charge in [0.15, 0.2) is 0 Å². The van der Waals surface area contributed by atoms with E-state index >= 15 is 0 Å². The molecule has 2 nitrogen and oxygen atoms in total. The molecule has 19 heavy (non-hydrogen) atoms. The lowest BCUT2D eigenvalue weighted by molar-refractivity contribution is 0.0343. The predicted octanol–water partition coefficient (Wildman–Crippen LogP) is 3.87. The summed E-state index contributed by atoms with van der Waals surface area (Å²) in [5.74, 6) is 0. The molecular formula is C15H21Br2NO. The number of hydrogen-bond acceptors (Lipinski definition) is 2. The van der Waals surface area contributed by atoms with Crippen molar-refractivity contribution < 1.29 is 4.74 Å². The van der Waals surface area contributed by atoms with Gasteiger partial charge in [0.25, 0.3) is 0 Å². The second kappa shape index (κ2) is 7.77. The number of hydrogen-bond donors (Lipinski definition) is 1. The molecular weight excluding hydrogens is 370 g/mol. The molecule has 1 heterocycles. The van der Waals surface area contributed by atoms with Gasteiger partial charge in [0.2, 0.25) is 0 Å². The lowest BCUT2D eigenvalue weighted by Gasteiger charge is -2.39. The summed E-state index contributed by atoms with van der Waals surface area (Å²) in [4.78, 5) is 0.508. The predicted molar refractivity (Wildman–Crippen MR) is 87.2 cm³/mol. The van der Waals surface area contributed by atoms with Gasteiger partial charge < -0.3 is 10.1 Å². The molecule has 0 aliphatic carbocycles. The highest BCUT2D eigenvalue weighted by atomic mass is 79.9. The van der Waals surface area contributed by atoms with Crippen LogP contribution in [-0.4, -0.2) is 28.9 Å². The van der Waals surface area contributed by atoms with Gasteiger partial charge in [0.1, 0.15) is 0 Å². The molecule has 0 amide bonds. The summed E-state index contributed by atoms with van der Waals surface area (Å²) in [5.41, 5.74) is 1.55. The Labute approximate surface area is 132 Å². The third kappa shape index (κ3) is 4.85. The molecule has 0 radical (unpaired) electrons. The molecule has 1 N–H and O–H groups in total. The molecule has 1 aliphatic heterocycles. The summed E-state index contributed by atoms with van der Waals surface area (Å²) >= 11 is 7.30. The molecule has 1 aliphatic rings. The van der Waals surface area contributed by atoms with Gasteiger partial charge in [0, 0.05) is 35.5 Å². The minimum atomic E-state index is 0.204. The third-order valence-electron chi connectivity index (χ3n) is 3.74. The lowest BCUT2D eigenvalue weighted by atomic mass is 9.85. The molecule has 2 rings (SSSR count). The molecule has 1 aromatic rings. The number of rotatable bonds is 6. The topological polar surface area (TPSA) is 21.3 Å². The average Bonchev–Trinajstić information content (AvgIpc) is 2.47. The Hall–Kier alpha value is 0.1000. The smallest absolute Gasteiger partial charge is 0.0483 e. The molecule has 0 saturated carbocycles. The fourth-order valence-corrected chi connectivity index (χ4v) is 3.43. The fourth-order valence-electron chi connectivity index (χ4n) is 2.58. The summed E-state index contributed by atoms with van der Waals surface area (Å²) in [5, 5.41) is 4.77. The van der Waals surface area contributed by atoms with Gasteiger partial charge >= 0.3 is 0 Å². The zero-order valence-electron chi connectivity index (χ0n) is 11.1. The Morgan fingerprint density at radius 2 is 1.89 bits per heavy atom. The molecule has 1 aromatic carbocycles. The van der Waals surface area contributed by atoms with E-state index in [-0.39, 0.29) is 5.54 Å². The monoisotopic (exact) mass is 389 g/mol. The standard InChI is InChI=1S/C15H21Br2NO/c16-11-14(17)10-15(6-8-19-9-7-15)18-12-13-4-2-1-3-5-13/h1-5,14,18H,6-12H2. The maximum Gasteiger partial charge on any atom is 0.0483 e. The molecule has 0 aromatic heterocycles. The fraction of sp³-hybridized carbons (Fsp3) is 0.600. The van der Waals surface area contributed by atoms with Gasteiger partial charge in [-0.1, -0.05) is 62.2 Å². The van der Waals surface area contributed by atoms with Crippen molar-refractivity contribution in [3.8, 4) is 0 Å². The van der Waals surface area contributed by atoms with Crippen LogP contribution >= 0.6 is 31.9 Å². The van der Waals surface area contributed by atoms with E-state index in [1.807, 2.05) is 0 Å². The van der Waals surface area contributed by atoms with Crippen molar-refractivity contribution in [3.63, 3.8) is 0 Å². The van der Waals surface area contributed by atoms with Crippen LogP contribution in [-0.2, 0) is 11.3 Å². The minimum Gasteiger partial charge on any atom is -0.381 e. The summed E-state index contributed by atoms with van der Waals surface area (Å²) in [7, 11) is 0. The van der Waals surface area contributed by atoms with Crippen molar-refractivity contribution in [2.24, 2.45) is 0 Å². The van der Waals surface area contributed by atoms with E-state index in [9.17, 15) is 0 Å². The highest BCUT2D eigenvalue weighted by molar-refractivity contribution is 9.12. The van der Waals surface area contributed by atoms with Crippen LogP contribution in [0.25, 0.3) is 0 Å². The highest BCUT2D eigenvalue weighted by Crippen LogP contribution is 2.29. The zero-order chi connectivity index (χ0) is 13.6. The van der Waals surface area contributed by atoms with Gasteiger partial charge in [-0.05, 0) is 24.8 Å². The second-order valence-corrected chi connectivity index (χ2v) is 7.13. The SMILES string of the molecule is BrCC(Br)CC1(NCc2ccccc2)CCOCC1. The van der Waals surface area contributed by atoms with E-state index < -0.39 is 0 Å². The van der Waals surface area contributed by atoms with Gasteiger partial charge in [-0.3, -0.25) is 0 Å². The molecule has 106 valence electrons. The maximum atomic E-state index is 5.52. The van der Waals surface area contributed by atoms with Crippen molar-refractivity contribution in [2.45, 2.75) is 36.2 Å². The van der Waals surface area contributed by atoms with Crippen molar-refractivity contribution in [3.05, 3.63) is 35.9 Å². The largest absolute Gasteiger partial charge is 0.381 e. The van der Waals surface area contributed by atoms with Crippen LogP contribution in [0, 0.1) is 0 Å². The van der Waals surface area contributed by atoms with E-state index in [2.05, 4.69) is 67.5 Å². The number of ether oxygens (including phenoxy) is 1. The normalized spacial score (nSPS) is 20.1. The van der Waals surface area contributed by atoms with Gasteiger partial charge in [-0.25, -0.2) is 0 Å². The van der Waals surface area contributed by atoms with Crippen LogP contribution in [0.3, 0.4) is 0 Å². The Morgan fingerprint density at radius 3 is 2.53 bits per heavy atom. The summed E-state index contributed by atoms with van der Waals surface area (Å²) < 4.78 is 5.52. The Kier molecular flexibility index (Phi) is 6.33. The molecule has 1 saturated heterocycles. The number of alkyl halides is 2. The third-order valence-corrected chi connectivity index (χ3v) is 6.04. The maximum absolute atomic E-state index is 5.52. The first-order valence-electron chi connectivity index (χ1n) is 6.81. The average molecular weight is 391 g/mol. The quantitative estimate of drug-likeness (QED) is 0.744. The Bertz CT molecular complexity index is 366. The lowest BCUT2D eigenvalue weighted by Crippen LogP contribution is -2.50. The van der Waals surface area contributed by atoms with Crippen molar-refractivity contribution >= 4 is 31.9 Å². The van der Waals surface area contributed by atoms with E-state index in [4.69, 9.17) is 4.74 Å². The number of nitrogens with one attached hydrogen (secondary N) is 1. The van der Waals surface area contributed by atoms with E-state index in [0.717, 1.165) is 44.4 Å². The molecule has 0 spiro atoms. The van der Waals surface area contributed by atoms with Crippen LogP contribution in [0.4, 0.5) is 0 Å². The Morgan fingerprint density at radius 1 is 1.21 bits per heavy atom. The van der Waals surface area contributed by atoms with Crippen molar-refractivity contribution in [2.75, 3.05) is 18.5 Å². The van der Waals surface area contributed by atoms with Gasteiger partial charge in [0.05, 0.1) is 0 Å². The van der Waals surface area contributed by atoms with E-state index in [0.29, 0.717) is 4.83 Å². The van der Waals surface area contributed by atoms with Crippen LogP contribution in [0.1, 0.15) is 24.8 Å². The summed E-state index contributed by atoms with van der Waals surface area (Å²) in [6.07, 6.45) is 3.32. The minimum absolute atomic E-state index is 0.204. The molecule has 1 atom stereocenters. The second-order valence-electron chi connectivity index (χ2n) is 5.19.